The van der Waals surface area contributed by atoms with Gasteiger partial charge in [0.2, 0.25) is 9.84 Å². The highest BCUT2D eigenvalue weighted by atomic mass is 79.9. The van der Waals surface area contributed by atoms with Crippen LogP contribution in [0.4, 0.5) is 13.2 Å². The topological polar surface area (TPSA) is 34.1 Å². The smallest absolute Gasteiger partial charge is 0.218 e. The van der Waals surface area contributed by atoms with E-state index in [0.29, 0.717) is 0 Å². The monoisotopic (exact) mass is 288 g/mol. The lowest BCUT2D eigenvalue weighted by molar-refractivity contribution is 0.234. The first-order valence-corrected chi connectivity index (χ1v) is 5.66. The Morgan fingerprint density at radius 2 is 1.86 bits per heavy atom. The van der Waals surface area contributed by atoms with Crippen molar-refractivity contribution in [2.45, 2.75) is 10.7 Å². The van der Waals surface area contributed by atoms with Crippen LogP contribution in [-0.4, -0.2) is 14.2 Å². The van der Waals surface area contributed by atoms with Gasteiger partial charge in [-0.2, -0.15) is 8.78 Å². The minimum atomic E-state index is -4.65. The van der Waals surface area contributed by atoms with Crippen molar-refractivity contribution in [3.05, 3.63) is 28.5 Å². The molecule has 0 aliphatic carbocycles. The lowest BCUT2D eigenvalue weighted by Crippen LogP contribution is -2.11. The van der Waals surface area contributed by atoms with Crippen LogP contribution in [-0.2, 0) is 9.84 Å². The fourth-order valence-corrected chi connectivity index (χ4v) is 2.03. The Morgan fingerprint density at radius 1 is 1.29 bits per heavy atom. The second-order valence-electron chi connectivity index (χ2n) is 2.38. The van der Waals surface area contributed by atoms with Gasteiger partial charge in [0.05, 0.1) is 9.37 Å². The van der Waals surface area contributed by atoms with Gasteiger partial charge in [0.25, 0.3) is 0 Å². The van der Waals surface area contributed by atoms with Crippen LogP contribution in [0.1, 0.15) is 0 Å². The van der Waals surface area contributed by atoms with Crippen molar-refractivity contribution in [2.24, 2.45) is 0 Å². The number of benzene rings is 1. The zero-order valence-corrected chi connectivity index (χ0v) is 8.95. The Hall–Kier alpha value is -0.560. The molecule has 1 rings (SSSR count). The molecule has 7 heteroatoms. The summed E-state index contributed by atoms with van der Waals surface area (Å²) in [4.78, 5) is -0.610. The fraction of sp³-hybridized carbons (Fsp3) is 0.143. The van der Waals surface area contributed by atoms with Crippen molar-refractivity contribution in [3.63, 3.8) is 0 Å². The molecule has 0 aliphatic rings. The van der Waals surface area contributed by atoms with Crippen molar-refractivity contribution < 1.29 is 21.6 Å². The molecule has 78 valence electrons. The van der Waals surface area contributed by atoms with Crippen LogP contribution in [0.25, 0.3) is 0 Å². The third-order valence-corrected chi connectivity index (χ3v) is 3.44. The summed E-state index contributed by atoms with van der Waals surface area (Å²) in [5.74, 6) is -4.21. The number of sulfone groups is 1. The summed E-state index contributed by atoms with van der Waals surface area (Å²) in [6.07, 6.45) is 0. The van der Waals surface area contributed by atoms with E-state index in [2.05, 4.69) is 15.9 Å². The van der Waals surface area contributed by atoms with Gasteiger partial charge in [-0.15, -0.1) is 0 Å². The molecule has 0 amide bonds. The van der Waals surface area contributed by atoms with Gasteiger partial charge < -0.3 is 0 Å². The van der Waals surface area contributed by atoms with Crippen LogP contribution in [0.2, 0.25) is 0 Å². The summed E-state index contributed by atoms with van der Waals surface area (Å²) < 4.78 is 58.4. The van der Waals surface area contributed by atoms with E-state index in [-0.39, 0.29) is 4.47 Å². The lowest BCUT2D eigenvalue weighted by atomic mass is 10.3. The van der Waals surface area contributed by atoms with Gasteiger partial charge in [-0.25, -0.2) is 12.8 Å². The van der Waals surface area contributed by atoms with E-state index in [1.54, 1.807) is 0 Å². The first-order valence-electron chi connectivity index (χ1n) is 3.33. The lowest BCUT2D eigenvalue weighted by Gasteiger charge is -2.03. The van der Waals surface area contributed by atoms with Gasteiger partial charge in [-0.3, -0.25) is 0 Å². The molecule has 0 fully saturated rings. The number of hydrogen-bond acceptors (Lipinski definition) is 2. The molecular formula is C7H4BrF3O2S. The fourth-order valence-electron chi connectivity index (χ4n) is 0.757. The Morgan fingerprint density at radius 3 is 2.29 bits per heavy atom. The Bertz CT molecular complexity index is 444. The summed E-state index contributed by atoms with van der Waals surface area (Å²) in [6, 6.07) is 2.40. The summed E-state index contributed by atoms with van der Waals surface area (Å²) in [5, 5.41) is 0. The number of alkyl halides is 2. The zero-order chi connectivity index (χ0) is 10.9. The maximum atomic E-state index is 12.7. The third kappa shape index (κ3) is 2.09. The number of halogens is 4. The van der Waals surface area contributed by atoms with Crippen LogP contribution in [0.15, 0.2) is 27.6 Å². The molecule has 0 aromatic heterocycles. The second-order valence-corrected chi connectivity index (χ2v) is 5.15. The van der Waals surface area contributed by atoms with Crippen molar-refractivity contribution in [3.8, 4) is 0 Å². The van der Waals surface area contributed by atoms with E-state index in [1.807, 2.05) is 0 Å². The Balaban J connectivity index is 3.29. The van der Waals surface area contributed by atoms with Crippen molar-refractivity contribution >= 4 is 25.8 Å². The quantitative estimate of drug-likeness (QED) is 0.784. The van der Waals surface area contributed by atoms with Gasteiger partial charge in [0.1, 0.15) is 5.82 Å². The molecule has 0 saturated heterocycles. The van der Waals surface area contributed by atoms with Crippen LogP contribution in [0.3, 0.4) is 0 Å². The molecule has 0 atom stereocenters. The van der Waals surface area contributed by atoms with E-state index in [0.717, 1.165) is 18.2 Å². The first kappa shape index (κ1) is 11.5. The molecule has 0 radical (unpaired) electrons. The molecule has 0 heterocycles. The average molecular weight is 289 g/mol. The minimum absolute atomic E-state index is 0.167. The van der Waals surface area contributed by atoms with Crippen LogP contribution in [0, 0.1) is 5.82 Å². The minimum Gasteiger partial charge on any atom is -0.218 e. The van der Waals surface area contributed by atoms with Crippen LogP contribution in [0.5, 0.6) is 0 Å². The van der Waals surface area contributed by atoms with Gasteiger partial charge in [-0.05, 0) is 34.1 Å². The van der Waals surface area contributed by atoms with E-state index in [1.165, 1.54) is 0 Å². The normalized spacial score (nSPS) is 12.1. The highest BCUT2D eigenvalue weighted by molar-refractivity contribution is 9.10. The molecule has 14 heavy (non-hydrogen) atoms. The highest BCUT2D eigenvalue weighted by Crippen LogP contribution is 2.23. The zero-order valence-electron chi connectivity index (χ0n) is 6.55. The van der Waals surface area contributed by atoms with Crippen molar-refractivity contribution in [2.75, 3.05) is 0 Å². The molecule has 0 aliphatic heterocycles. The van der Waals surface area contributed by atoms with Crippen LogP contribution < -0.4 is 0 Å². The van der Waals surface area contributed by atoms with Gasteiger partial charge in [0.15, 0.2) is 0 Å². The highest BCUT2D eigenvalue weighted by Gasteiger charge is 2.26. The van der Waals surface area contributed by atoms with Crippen LogP contribution >= 0.6 is 15.9 Å². The molecule has 0 spiro atoms. The number of rotatable bonds is 2. The molecule has 0 saturated carbocycles. The predicted molar refractivity (Wildman–Crippen MR) is 47.3 cm³/mol. The molecule has 0 unspecified atom stereocenters. The predicted octanol–water partition coefficient (Wildman–Crippen LogP) is 2.58. The Kier molecular flexibility index (Phi) is 3.20. The van der Waals surface area contributed by atoms with Crippen molar-refractivity contribution in [1.29, 1.82) is 0 Å². The molecule has 2 nitrogen and oxygen atoms in total. The van der Waals surface area contributed by atoms with Gasteiger partial charge in [0, 0.05) is 0 Å². The summed E-state index contributed by atoms with van der Waals surface area (Å²) >= 11 is 2.70. The maximum absolute atomic E-state index is 12.7. The molecule has 0 N–H and O–H groups in total. The SMILES string of the molecule is O=S(=O)(c1ccc(F)c(Br)c1)C(F)F. The molecular weight excluding hydrogens is 285 g/mol. The van der Waals surface area contributed by atoms with E-state index in [9.17, 15) is 21.6 Å². The molecule has 1 aromatic carbocycles. The largest absolute Gasteiger partial charge is 0.341 e. The maximum Gasteiger partial charge on any atom is 0.341 e. The third-order valence-electron chi connectivity index (χ3n) is 1.45. The molecule has 1 aromatic rings. The summed E-state index contributed by atoms with van der Waals surface area (Å²) in [6.45, 7) is 0. The van der Waals surface area contributed by atoms with Crippen molar-refractivity contribution in [1.82, 2.24) is 0 Å². The van der Waals surface area contributed by atoms with Gasteiger partial charge >= 0.3 is 5.76 Å². The van der Waals surface area contributed by atoms with E-state index < -0.39 is 26.3 Å². The average Bonchev–Trinajstić information content (AvgIpc) is 2.09. The molecule has 0 bridgehead atoms. The standard InChI is InChI=1S/C7H4BrF3O2S/c8-5-3-4(1-2-6(5)9)14(12,13)7(10)11/h1-3,7H. The second kappa shape index (κ2) is 3.90. The van der Waals surface area contributed by atoms with Gasteiger partial charge in [-0.1, -0.05) is 0 Å². The van der Waals surface area contributed by atoms with E-state index >= 15 is 0 Å². The Labute approximate surface area is 86.8 Å². The summed E-state index contributed by atoms with van der Waals surface area (Å²) in [5.41, 5.74) is 0. The number of hydrogen-bond donors (Lipinski definition) is 0. The first-order chi connectivity index (χ1) is 6.35. The summed E-state index contributed by atoms with van der Waals surface area (Å²) in [7, 11) is -4.65. The van der Waals surface area contributed by atoms with E-state index in [4.69, 9.17) is 0 Å².